The summed E-state index contributed by atoms with van der Waals surface area (Å²) in [6.45, 7) is 5.04. The molecule has 1 aromatic rings. The molecule has 0 spiro atoms. The lowest BCUT2D eigenvalue weighted by Gasteiger charge is -2.10. The Morgan fingerprint density at radius 3 is 2.61 bits per heavy atom. The Bertz CT molecular complexity index is 369. The van der Waals surface area contributed by atoms with E-state index in [2.05, 4.69) is 20.7 Å². The van der Waals surface area contributed by atoms with Crippen LogP contribution in [-0.4, -0.2) is 26.2 Å². The molecule has 0 amide bonds. The predicted octanol–water partition coefficient (Wildman–Crippen LogP) is 2.99. The van der Waals surface area contributed by atoms with Crippen molar-refractivity contribution in [1.29, 1.82) is 0 Å². The second-order valence-electron chi connectivity index (χ2n) is 3.12. The van der Waals surface area contributed by atoms with Crippen LogP contribution in [0.3, 0.4) is 0 Å². The average molecular weight is 318 g/mol. The molecule has 18 heavy (non-hydrogen) atoms. The normalized spacial score (nSPS) is 9.17. The van der Waals surface area contributed by atoms with Crippen LogP contribution in [0.1, 0.15) is 30.6 Å². The lowest BCUT2D eigenvalue weighted by molar-refractivity contribution is 0.0596. The fraction of sp³-hybridized carbons (Fsp3) is 0.462. The van der Waals surface area contributed by atoms with Gasteiger partial charge in [0.05, 0.1) is 13.7 Å². The summed E-state index contributed by atoms with van der Waals surface area (Å²) in [5.74, 6) is 0.102. The average Bonchev–Trinajstić information content (AvgIpc) is 2.41. The maximum atomic E-state index is 11.4. The number of halogens is 1. The zero-order valence-corrected chi connectivity index (χ0v) is 12.6. The molecule has 0 atom stereocenters. The fourth-order valence-corrected chi connectivity index (χ4v) is 1.50. The zero-order valence-electron chi connectivity index (χ0n) is 11.0. The summed E-state index contributed by atoms with van der Waals surface area (Å²) < 4.78 is 11.0. The second-order valence-corrected chi connectivity index (χ2v) is 4.04. The topological polar surface area (TPSA) is 61.5 Å². The van der Waals surface area contributed by atoms with Crippen molar-refractivity contribution in [3.63, 3.8) is 0 Å². The van der Waals surface area contributed by atoms with E-state index in [-0.39, 0.29) is 0 Å². The van der Waals surface area contributed by atoms with Crippen LogP contribution in [0.5, 0.6) is 5.75 Å². The predicted molar refractivity (Wildman–Crippen MR) is 76.0 cm³/mol. The van der Waals surface area contributed by atoms with E-state index in [0.717, 1.165) is 10.9 Å². The van der Waals surface area contributed by atoms with Crippen molar-refractivity contribution >= 4 is 21.9 Å². The van der Waals surface area contributed by atoms with E-state index in [1.54, 1.807) is 18.2 Å². The Hall–Kier alpha value is -1.07. The van der Waals surface area contributed by atoms with Crippen LogP contribution in [0.15, 0.2) is 22.7 Å². The van der Waals surface area contributed by atoms with Gasteiger partial charge in [0.1, 0.15) is 11.3 Å². The molecule has 0 aromatic heterocycles. The highest BCUT2D eigenvalue weighted by Gasteiger charge is 2.13. The highest BCUT2D eigenvalue weighted by molar-refractivity contribution is 9.10. The summed E-state index contributed by atoms with van der Waals surface area (Å²) >= 11 is 3.32. The number of carbonyl (C=O) groups excluding carboxylic acids is 1. The van der Waals surface area contributed by atoms with Gasteiger partial charge >= 0.3 is 5.97 Å². The van der Waals surface area contributed by atoms with Gasteiger partial charge in [-0.25, -0.2) is 4.79 Å². The number of benzene rings is 1. The highest BCUT2D eigenvalue weighted by Crippen LogP contribution is 2.24. The Balaban J connectivity index is 0.00000137. The molecule has 0 fully saturated rings. The number of carbonyl (C=O) groups is 1. The Morgan fingerprint density at radius 1 is 1.39 bits per heavy atom. The van der Waals surface area contributed by atoms with E-state index in [9.17, 15) is 4.79 Å². The zero-order chi connectivity index (χ0) is 14.0. The molecule has 0 radical (unpaired) electrons. The van der Waals surface area contributed by atoms with E-state index in [0.29, 0.717) is 24.5 Å². The third kappa shape index (κ3) is 5.51. The number of hydrogen-bond acceptors (Lipinski definition) is 4. The van der Waals surface area contributed by atoms with Crippen LogP contribution < -0.4 is 10.5 Å². The van der Waals surface area contributed by atoms with Crippen molar-refractivity contribution in [2.75, 3.05) is 20.3 Å². The van der Waals surface area contributed by atoms with E-state index in [1.165, 1.54) is 7.11 Å². The number of rotatable bonds is 5. The quantitative estimate of drug-likeness (QED) is 0.670. The molecule has 0 aliphatic carbocycles. The number of methoxy groups -OCH3 is 1. The molecule has 1 rings (SSSR count). The first-order chi connectivity index (χ1) is 8.69. The second kappa shape index (κ2) is 9.91. The molecule has 102 valence electrons. The molecule has 2 N–H and O–H groups in total. The summed E-state index contributed by atoms with van der Waals surface area (Å²) in [7, 11) is 1.34. The summed E-state index contributed by atoms with van der Waals surface area (Å²) in [6.07, 6.45) is 0.743. The SMILES string of the molecule is CC.COC(=O)c1ccc(Br)cc1OCCCN. The van der Waals surface area contributed by atoms with Crippen molar-refractivity contribution in [1.82, 2.24) is 0 Å². The molecule has 0 aliphatic heterocycles. The van der Waals surface area contributed by atoms with Gasteiger partial charge in [0.15, 0.2) is 0 Å². The molecule has 0 aliphatic rings. The number of ether oxygens (including phenoxy) is 2. The first kappa shape index (κ1) is 16.9. The minimum Gasteiger partial charge on any atom is -0.493 e. The highest BCUT2D eigenvalue weighted by atomic mass is 79.9. The Morgan fingerprint density at radius 2 is 2.06 bits per heavy atom. The van der Waals surface area contributed by atoms with Crippen LogP contribution >= 0.6 is 15.9 Å². The van der Waals surface area contributed by atoms with Crippen molar-refractivity contribution in [2.45, 2.75) is 20.3 Å². The molecule has 0 heterocycles. The van der Waals surface area contributed by atoms with Gasteiger partial charge in [-0.15, -0.1) is 0 Å². The van der Waals surface area contributed by atoms with Crippen molar-refractivity contribution < 1.29 is 14.3 Å². The van der Waals surface area contributed by atoms with Gasteiger partial charge in [0.2, 0.25) is 0 Å². The molecule has 0 bridgehead atoms. The van der Waals surface area contributed by atoms with Gasteiger partial charge in [-0.3, -0.25) is 0 Å². The molecular weight excluding hydrogens is 298 g/mol. The maximum absolute atomic E-state index is 11.4. The standard InChI is InChI=1S/C11H14BrNO3.C2H6/c1-15-11(14)9-4-3-8(12)7-10(9)16-6-2-5-13;1-2/h3-4,7H,2,5-6,13H2,1H3;1-2H3. The third-order valence-corrected chi connectivity index (χ3v) is 2.45. The van der Waals surface area contributed by atoms with Crippen molar-refractivity contribution in [2.24, 2.45) is 5.73 Å². The summed E-state index contributed by atoms with van der Waals surface area (Å²) in [5.41, 5.74) is 5.78. The van der Waals surface area contributed by atoms with Crippen molar-refractivity contribution in [3.05, 3.63) is 28.2 Å². The van der Waals surface area contributed by atoms with Crippen LogP contribution in [0.25, 0.3) is 0 Å². The van der Waals surface area contributed by atoms with Crippen LogP contribution in [0.4, 0.5) is 0 Å². The third-order valence-electron chi connectivity index (χ3n) is 1.95. The smallest absolute Gasteiger partial charge is 0.341 e. The Labute approximate surface area is 117 Å². The number of hydrogen-bond donors (Lipinski definition) is 1. The van der Waals surface area contributed by atoms with Crippen molar-refractivity contribution in [3.8, 4) is 5.75 Å². The Kier molecular flexibility index (Phi) is 9.32. The largest absolute Gasteiger partial charge is 0.493 e. The minimum absolute atomic E-state index is 0.407. The molecule has 0 saturated heterocycles. The first-order valence-electron chi connectivity index (χ1n) is 5.89. The summed E-state index contributed by atoms with van der Waals surface area (Å²) in [6, 6.07) is 5.17. The number of nitrogens with two attached hydrogens (primary N) is 1. The fourth-order valence-electron chi connectivity index (χ4n) is 1.16. The molecule has 1 aromatic carbocycles. The summed E-state index contributed by atoms with van der Waals surface area (Å²) in [4.78, 5) is 11.4. The first-order valence-corrected chi connectivity index (χ1v) is 6.69. The van der Waals surface area contributed by atoms with Crippen LogP contribution in [-0.2, 0) is 4.74 Å². The van der Waals surface area contributed by atoms with Gasteiger partial charge in [0, 0.05) is 4.47 Å². The van der Waals surface area contributed by atoms with E-state index >= 15 is 0 Å². The lowest BCUT2D eigenvalue weighted by atomic mass is 10.2. The van der Waals surface area contributed by atoms with Gasteiger partial charge in [-0.2, -0.15) is 0 Å². The van der Waals surface area contributed by atoms with Gasteiger partial charge in [-0.1, -0.05) is 29.8 Å². The monoisotopic (exact) mass is 317 g/mol. The number of esters is 1. The molecule has 5 heteroatoms. The van der Waals surface area contributed by atoms with E-state index < -0.39 is 5.97 Å². The molecule has 4 nitrogen and oxygen atoms in total. The lowest BCUT2D eigenvalue weighted by Crippen LogP contribution is -2.09. The van der Waals surface area contributed by atoms with Crippen LogP contribution in [0.2, 0.25) is 0 Å². The minimum atomic E-state index is -0.407. The van der Waals surface area contributed by atoms with Crippen LogP contribution in [0, 0.1) is 0 Å². The summed E-state index contributed by atoms with van der Waals surface area (Å²) in [5, 5.41) is 0. The molecule has 0 unspecified atom stereocenters. The molecular formula is C13H20BrNO3. The van der Waals surface area contributed by atoms with E-state index in [4.69, 9.17) is 10.5 Å². The molecule has 0 saturated carbocycles. The van der Waals surface area contributed by atoms with Gasteiger partial charge < -0.3 is 15.2 Å². The van der Waals surface area contributed by atoms with E-state index in [1.807, 2.05) is 13.8 Å². The van der Waals surface area contributed by atoms with Gasteiger partial charge in [-0.05, 0) is 31.2 Å². The van der Waals surface area contributed by atoms with Gasteiger partial charge in [0.25, 0.3) is 0 Å². The maximum Gasteiger partial charge on any atom is 0.341 e.